The maximum absolute atomic E-state index is 14.0. The Balaban J connectivity index is 1.43. The molecule has 2 heterocycles. The van der Waals surface area contributed by atoms with Gasteiger partial charge in [0.15, 0.2) is 21.2 Å². The van der Waals surface area contributed by atoms with Crippen LogP contribution in [0.5, 0.6) is 17.2 Å². The van der Waals surface area contributed by atoms with Gasteiger partial charge in [0.05, 0.1) is 24.4 Å². The molecule has 0 radical (unpaired) electrons. The number of phenolic OH excluding ortho intramolecular Hbond substituents is 2. The van der Waals surface area contributed by atoms with E-state index in [9.17, 15) is 29.4 Å². The van der Waals surface area contributed by atoms with Gasteiger partial charge in [0, 0.05) is 18.0 Å². The number of hydrogen-bond donors (Lipinski definition) is 2. The van der Waals surface area contributed by atoms with Gasteiger partial charge in [-0.3, -0.25) is 29.0 Å². The number of imide groups is 2. The highest BCUT2D eigenvalue weighted by Gasteiger charge is 2.76. The Labute approximate surface area is 260 Å². The summed E-state index contributed by atoms with van der Waals surface area (Å²) in [7, 11) is 1.39. The standard InChI is InChI=1S/C30H27BrCl2N2O7/c1-42-21-4-2-3-19(24(21)37)23-17-9-10-18-22(20(17)13-29(32)27(40)35(14-31)28(41)30(23,29)33)26(39)34(25(18)38)12-11-15-5-7-16(36)8-6-15/h2-9,18,20,22-23,36-37H,10-14H2,1H3. The number of ether oxygens (including phenoxy) is 1. The molecule has 9 nitrogen and oxygen atoms in total. The van der Waals surface area contributed by atoms with Crippen LogP contribution in [-0.4, -0.2) is 72.5 Å². The number of fused-ring (bicyclic) bond motifs is 4. The van der Waals surface area contributed by atoms with E-state index in [2.05, 4.69) is 15.9 Å². The molecule has 2 saturated heterocycles. The number of likely N-dealkylation sites (tertiary alicyclic amines) is 2. The fourth-order valence-corrected chi connectivity index (χ4v) is 8.64. The summed E-state index contributed by atoms with van der Waals surface area (Å²) in [4.78, 5) is 53.3. The van der Waals surface area contributed by atoms with Gasteiger partial charge in [-0.15, -0.1) is 23.2 Å². The minimum atomic E-state index is -2.01. The predicted octanol–water partition coefficient (Wildman–Crippen LogP) is 4.06. The van der Waals surface area contributed by atoms with Crippen LogP contribution in [0.15, 0.2) is 54.1 Å². The fraction of sp³-hybridized carbons (Fsp3) is 0.400. The summed E-state index contributed by atoms with van der Waals surface area (Å²) < 4.78 is 5.32. The first-order valence-electron chi connectivity index (χ1n) is 13.5. The smallest absolute Gasteiger partial charge is 0.254 e. The molecule has 6 atom stereocenters. The van der Waals surface area contributed by atoms with Gasteiger partial charge < -0.3 is 14.9 Å². The number of para-hydroxylation sites is 1. The number of phenols is 2. The second kappa shape index (κ2) is 10.3. The van der Waals surface area contributed by atoms with Crippen LogP contribution in [0.3, 0.4) is 0 Å². The molecule has 1 saturated carbocycles. The summed E-state index contributed by atoms with van der Waals surface area (Å²) >= 11 is 17.6. The highest BCUT2D eigenvalue weighted by molar-refractivity contribution is 9.09. The topological polar surface area (TPSA) is 124 Å². The Bertz CT molecular complexity index is 1550. The number of allylic oxidation sites excluding steroid dienone is 2. The quantitative estimate of drug-likeness (QED) is 0.205. The number of benzene rings is 2. The molecule has 6 rings (SSSR count). The molecule has 0 bridgehead atoms. The number of rotatable bonds is 6. The Morgan fingerprint density at radius 1 is 0.976 bits per heavy atom. The van der Waals surface area contributed by atoms with Gasteiger partial charge in [-0.2, -0.15) is 0 Å². The molecule has 2 aliphatic carbocycles. The highest BCUT2D eigenvalue weighted by Crippen LogP contribution is 2.66. The van der Waals surface area contributed by atoms with Gasteiger partial charge in [0.1, 0.15) is 5.75 Å². The molecule has 4 amide bonds. The highest BCUT2D eigenvalue weighted by atomic mass is 79.9. The number of carbonyl (C=O) groups excluding carboxylic acids is 4. The summed E-state index contributed by atoms with van der Waals surface area (Å²) in [5.41, 5.74) is 1.54. The molecule has 3 fully saturated rings. The van der Waals surface area contributed by atoms with E-state index in [4.69, 9.17) is 27.9 Å². The lowest BCUT2D eigenvalue weighted by Gasteiger charge is -2.50. The molecule has 0 aromatic heterocycles. The minimum absolute atomic E-state index is 0.120. The Hall–Kier alpha value is -3.08. The van der Waals surface area contributed by atoms with Crippen molar-refractivity contribution in [2.75, 3.05) is 19.1 Å². The summed E-state index contributed by atoms with van der Waals surface area (Å²) in [5, 5.41) is 20.8. The van der Waals surface area contributed by atoms with E-state index in [1.54, 1.807) is 42.5 Å². The lowest BCUT2D eigenvalue weighted by atomic mass is 9.56. The van der Waals surface area contributed by atoms with Crippen molar-refractivity contribution in [3.05, 3.63) is 65.2 Å². The average Bonchev–Trinajstić information content (AvgIpc) is 3.30. The van der Waals surface area contributed by atoms with E-state index in [1.807, 2.05) is 6.08 Å². The Morgan fingerprint density at radius 2 is 1.69 bits per heavy atom. The molecule has 6 unspecified atom stereocenters. The molecule has 2 aromatic carbocycles. The summed E-state index contributed by atoms with van der Waals surface area (Å²) in [6.45, 7) is 0.151. The molecule has 2 N–H and O–H groups in total. The van der Waals surface area contributed by atoms with E-state index < -0.39 is 45.2 Å². The van der Waals surface area contributed by atoms with E-state index in [0.29, 0.717) is 12.0 Å². The largest absolute Gasteiger partial charge is 0.508 e. The number of aromatic hydroxyl groups is 2. The molecule has 12 heteroatoms. The first-order chi connectivity index (χ1) is 20.0. The lowest BCUT2D eigenvalue weighted by Crippen LogP contribution is -2.60. The van der Waals surface area contributed by atoms with Crippen LogP contribution >= 0.6 is 39.1 Å². The number of alkyl halides is 3. The zero-order chi connectivity index (χ0) is 30.1. The first-order valence-corrected chi connectivity index (χ1v) is 15.4. The molecule has 42 heavy (non-hydrogen) atoms. The van der Waals surface area contributed by atoms with Crippen molar-refractivity contribution in [1.29, 1.82) is 0 Å². The number of amides is 4. The lowest BCUT2D eigenvalue weighted by molar-refractivity contribution is -0.141. The van der Waals surface area contributed by atoms with Crippen molar-refractivity contribution in [3.8, 4) is 17.2 Å². The second-order valence-corrected chi connectivity index (χ2v) is 12.9. The fourth-order valence-electron chi connectivity index (χ4n) is 7.22. The van der Waals surface area contributed by atoms with E-state index in [-0.39, 0.29) is 59.5 Å². The molecule has 220 valence electrons. The van der Waals surface area contributed by atoms with Crippen molar-refractivity contribution in [2.24, 2.45) is 17.8 Å². The molecule has 2 aliphatic heterocycles. The summed E-state index contributed by atoms with van der Waals surface area (Å²) in [5.74, 6) is -5.32. The van der Waals surface area contributed by atoms with E-state index in [0.717, 1.165) is 10.5 Å². The van der Waals surface area contributed by atoms with Gasteiger partial charge >= 0.3 is 0 Å². The maximum atomic E-state index is 14.0. The van der Waals surface area contributed by atoms with E-state index in [1.165, 1.54) is 12.0 Å². The zero-order valence-corrected chi connectivity index (χ0v) is 25.5. The maximum Gasteiger partial charge on any atom is 0.254 e. The third kappa shape index (κ3) is 3.87. The zero-order valence-electron chi connectivity index (χ0n) is 22.4. The average molecular weight is 678 g/mol. The SMILES string of the molecule is COc1cccc(C2C3=CCC4C(=O)N(CCc5ccc(O)cc5)C(=O)C4C3CC3(Cl)C(=O)N(CBr)C(=O)C23Cl)c1O. The van der Waals surface area contributed by atoms with Gasteiger partial charge in [-0.1, -0.05) is 51.8 Å². The number of methoxy groups -OCH3 is 1. The van der Waals surface area contributed by atoms with Gasteiger partial charge in [0.2, 0.25) is 11.8 Å². The van der Waals surface area contributed by atoms with Crippen LogP contribution in [0.2, 0.25) is 0 Å². The van der Waals surface area contributed by atoms with Crippen molar-refractivity contribution < 1.29 is 34.1 Å². The molecule has 2 aromatic rings. The Kier molecular flexibility index (Phi) is 7.10. The third-order valence-corrected chi connectivity index (χ3v) is 11.1. The van der Waals surface area contributed by atoms with Gasteiger partial charge in [-0.05, 0) is 48.9 Å². The Morgan fingerprint density at radius 3 is 2.36 bits per heavy atom. The number of carbonyl (C=O) groups is 4. The predicted molar refractivity (Wildman–Crippen MR) is 157 cm³/mol. The first kappa shape index (κ1) is 29.0. The molecular weight excluding hydrogens is 651 g/mol. The monoisotopic (exact) mass is 676 g/mol. The van der Waals surface area contributed by atoms with Gasteiger partial charge in [-0.25, -0.2) is 0 Å². The summed E-state index contributed by atoms with van der Waals surface area (Å²) in [6.07, 6.45) is 2.31. The van der Waals surface area contributed by atoms with Crippen molar-refractivity contribution in [3.63, 3.8) is 0 Å². The minimum Gasteiger partial charge on any atom is -0.508 e. The van der Waals surface area contributed by atoms with Crippen LogP contribution in [0, 0.1) is 17.8 Å². The van der Waals surface area contributed by atoms with Crippen LogP contribution in [0.1, 0.15) is 29.9 Å². The van der Waals surface area contributed by atoms with Crippen molar-refractivity contribution in [2.45, 2.75) is 34.9 Å². The molecule has 0 spiro atoms. The molecular formula is C30H27BrCl2N2O7. The van der Waals surface area contributed by atoms with Crippen molar-refractivity contribution in [1.82, 2.24) is 9.80 Å². The number of hydrogen-bond acceptors (Lipinski definition) is 7. The normalized spacial score (nSPS) is 32.0. The van der Waals surface area contributed by atoms with E-state index >= 15 is 0 Å². The van der Waals surface area contributed by atoms with Crippen LogP contribution < -0.4 is 4.74 Å². The third-order valence-electron chi connectivity index (χ3n) is 9.23. The van der Waals surface area contributed by atoms with Crippen LogP contribution in [0.4, 0.5) is 0 Å². The van der Waals surface area contributed by atoms with Crippen molar-refractivity contribution >= 4 is 62.8 Å². The van der Waals surface area contributed by atoms with Crippen LogP contribution in [-0.2, 0) is 25.6 Å². The van der Waals surface area contributed by atoms with Crippen LogP contribution in [0.25, 0.3) is 0 Å². The number of nitrogens with zero attached hydrogens (tertiary/aromatic N) is 2. The van der Waals surface area contributed by atoms with Gasteiger partial charge in [0.25, 0.3) is 11.8 Å². The molecule has 4 aliphatic rings. The second-order valence-electron chi connectivity index (χ2n) is 11.1. The number of halogens is 3. The summed E-state index contributed by atoms with van der Waals surface area (Å²) in [6, 6.07) is 11.3.